The quantitative estimate of drug-likeness (QED) is 0.614. The highest BCUT2D eigenvalue weighted by atomic mass is 14.8. The lowest BCUT2D eigenvalue weighted by Crippen LogP contribution is -2.51. The minimum Gasteiger partial charge on any atom is -0.328 e. The molecule has 0 heterocycles. The third kappa shape index (κ3) is 1.63. The van der Waals surface area contributed by atoms with Crippen LogP contribution in [0.4, 0.5) is 0 Å². The van der Waals surface area contributed by atoms with Gasteiger partial charge in [0.25, 0.3) is 0 Å². The molecule has 2 heteroatoms. The smallest absolute Gasteiger partial charge is 0.00846 e. The van der Waals surface area contributed by atoms with Gasteiger partial charge in [-0.3, -0.25) is 0 Å². The van der Waals surface area contributed by atoms with Gasteiger partial charge in [-0.2, -0.15) is 0 Å². The van der Waals surface area contributed by atoms with E-state index in [1.807, 2.05) is 0 Å². The zero-order chi connectivity index (χ0) is 11.3. The molecule has 4 N–H and O–H groups in total. The molecule has 3 rings (SSSR count). The van der Waals surface area contributed by atoms with E-state index >= 15 is 0 Å². The second-order valence-electron chi connectivity index (χ2n) is 6.38. The Kier molecular flexibility index (Phi) is 2.60. The van der Waals surface area contributed by atoms with E-state index in [1.165, 1.54) is 37.7 Å². The molecule has 0 aliphatic heterocycles. The van der Waals surface area contributed by atoms with E-state index < -0.39 is 0 Å². The summed E-state index contributed by atoms with van der Waals surface area (Å²) in [5, 5.41) is 0. The third-order valence-corrected chi connectivity index (χ3v) is 5.35. The van der Waals surface area contributed by atoms with Crippen molar-refractivity contribution in [2.45, 2.75) is 50.6 Å². The van der Waals surface area contributed by atoms with E-state index in [4.69, 9.17) is 11.5 Å². The maximum atomic E-state index is 6.29. The van der Waals surface area contributed by atoms with Crippen molar-refractivity contribution < 1.29 is 0 Å². The van der Waals surface area contributed by atoms with Crippen LogP contribution in [-0.4, -0.2) is 12.1 Å². The Hall–Kier alpha value is -0.340. The van der Waals surface area contributed by atoms with E-state index in [0.717, 1.165) is 30.1 Å². The lowest BCUT2D eigenvalue weighted by molar-refractivity contribution is 0.0507. The van der Waals surface area contributed by atoms with Crippen LogP contribution in [0.5, 0.6) is 0 Å². The summed E-state index contributed by atoms with van der Waals surface area (Å²) < 4.78 is 0. The van der Waals surface area contributed by atoms with Gasteiger partial charge in [0.1, 0.15) is 0 Å². The molecule has 3 aliphatic carbocycles. The molecule has 0 bridgehead atoms. The molecule has 0 spiro atoms. The van der Waals surface area contributed by atoms with Crippen LogP contribution in [0.1, 0.15) is 38.5 Å². The molecule has 3 saturated carbocycles. The number of hydrogen-bond donors (Lipinski definition) is 2. The van der Waals surface area contributed by atoms with Gasteiger partial charge in [-0.05, 0) is 62.2 Å². The monoisotopic (exact) mass is 220 g/mol. The van der Waals surface area contributed by atoms with Gasteiger partial charge in [0.05, 0.1) is 0 Å². The molecule has 0 saturated heterocycles. The van der Waals surface area contributed by atoms with Crippen LogP contribution in [0, 0.1) is 23.7 Å². The van der Waals surface area contributed by atoms with Crippen LogP contribution in [0.2, 0.25) is 0 Å². The molecule has 0 aromatic heterocycles. The first-order valence-corrected chi connectivity index (χ1v) is 6.83. The molecule has 0 aromatic carbocycles. The Bertz CT molecular complexity index is 299. The van der Waals surface area contributed by atoms with Gasteiger partial charge in [0.15, 0.2) is 0 Å². The van der Waals surface area contributed by atoms with Crippen LogP contribution in [-0.2, 0) is 0 Å². The molecular weight excluding hydrogens is 196 g/mol. The van der Waals surface area contributed by atoms with E-state index in [-0.39, 0.29) is 0 Å². The average molecular weight is 220 g/mol. The van der Waals surface area contributed by atoms with Crippen molar-refractivity contribution >= 4 is 0 Å². The maximum absolute atomic E-state index is 6.29. The summed E-state index contributed by atoms with van der Waals surface area (Å²) in [6.45, 7) is 4.19. The first-order valence-electron chi connectivity index (χ1n) is 6.83. The highest BCUT2D eigenvalue weighted by molar-refractivity contribution is 5.11. The molecule has 3 aliphatic rings. The van der Waals surface area contributed by atoms with Crippen molar-refractivity contribution in [2.24, 2.45) is 35.1 Å². The van der Waals surface area contributed by atoms with Gasteiger partial charge < -0.3 is 11.5 Å². The van der Waals surface area contributed by atoms with Crippen LogP contribution in [0.25, 0.3) is 0 Å². The van der Waals surface area contributed by atoms with Gasteiger partial charge in [0, 0.05) is 12.1 Å². The number of hydrogen-bond acceptors (Lipinski definition) is 2. The van der Waals surface area contributed by atoms with Gasteiger partial charge in [-0.15, -0.1) is 0 Å². The fraction of sp³-hybridized carbons (Fsp3) is 0.857. The zero-order valence-electron chi connectivity index (χ0n) is 10.1. The molecule has 0 radical (unpaired) electrons. The van der Waals surface area contributed by atoms with E-state index in [0.29, 0.717) is 12.1 Å². The summed E-state index contributed by atoms with van der Waals surface area (Å²) in [4.78, 5) is 0. The minimum atomic E-state index is 0.351. The van der Waals surface area contributed by atoms with Crippen LogP contribution >= 0.6 is 0 Å². The number of rotatable bonds is 0. The van der Waals surface area contributed by atoms with Crippen LogP contribution in [0.3, 0.4) is 0 Å². The Morgan fingerprint density at radius 3 is 2.56 bits per heavy atom. The summed E-state index contributed by atoms with van der Waals surface area (Å²) in [5.74, 6) is 3.33. The fourth-order valence-electron chi connectivity index (χ4n) is 4.71. The molecule has 2 nitrogen and oxygen atoms in total. The SMILES string of the molecule is C=C1CC2CCC3C(N)CC(N)CC3C2C1. The minimum absolute atomic E-state index is 0.351. The molecule has 3 fully saturated rings. The standard InChI is InChI=1S/C14H24N2/c1-8-4-9-2-3-11-13(12(9)5-8)6-10(15)7-14(11)16/h9-14H,1-7,15-16H2. The summed E-state index contributed by atoms with van der Waals surface area (Å²) in [6.07, 6.45) is 7.51. The highest BCUT2D eigenvalue weighted by Gasteiger charge is 2.47. The largest absolute Gasteiger partial charge is 0.328 e. The summed E-state index contributed by atoms with van der Waals surface area (Å²) in [7, 11) is 0. The Morgan fingerprint density at radius 1 is 0.938 bits per heavy atom. The molecule has 6 unspecified atom stereocenters. The normalized spacial score (nSPS) is 52.2. The summed E-state index contributed by atoms with van der Waals surface area (Å²) in [6, 6.07) is 0.715. The topological polar surface area (TPSA) is 52.0 Å². The highest BCUT2D eigenvalue weighted by Crippen LogP contribution is 2.53. The number of allylic oxidation sites excluding steroid dienone is 1. The van der Waals surface area contributed by atoms with Gasteiger partial charge in [0.2, 0.25) is 0 Å². The second kappa shape index (κ2) is 3.85. The molecule has 16 heavy (non-hydrogen) atoms. The number of fused-ring (bicyclic) bond motifs is 3. The Morgan fingerprint density at radius 2 is 1.75 bits per heavy atom. The van der Waals surface area contributed by atoms with Crippen molar-refractivity contribution in [3.63, 3.8) is 0 Å². The van der Waals surface area contributed by atoms with E-state index in [1.54, 1.807) is 0 Å². The van der Waals surface area contributed by atoms with Crippen molar-refractivity contribution in [3.05, 3.63) is 12.2 Å². The average Bonchev–Trinajstić information content (AvgIpc) is 2.58. The summed E-state index contributed by atoms with van der Waals surface area (Å²) in [5.41, 5.74) is 13.9. The second-order valence-corrected chi connectivity index (χ2v) is 6.38. The van der Waals surface area contributed by atoms with Crippen molar-refractivity contribution in [3.8, 4) is 0 Å². The third-order valence-electron chi connectivity index (χ3n) is 5.35. The van der Waals surface area contributed by atoms with Crippen LogP contribution in [0.15, 0.2) is 12.2 Å². The fourth-order valence-corrected chi connectivity index (χ4v) is 4.71. The zero-order valence-corrected chi connectivity index (χ0v) is 10.1. The first kappa shape index (κ1) is 10.8. The predicted octanol–water partition coefficient (Wildman–Crippen LogP) is 2.04. The van der Waals surface area contributed by atoms with Crippen molar-refractivity contribution in [1.82, 2.24) is 0 Å². The van der Waals surface area contributed by atoms with Crippen LogP contribution < -0.4 is 11.5 Å². The van der Waals surface area contributed by atoms with Crippen molar-refractivity contribution in [2.75, 3.05) is 0 Å². The Balaban J connectivity index is 1.82. The molecule has 90 valence electrons. The van der Waals surface area contributed by atoms with Gasteiger partial charge in [-0.1, -0.05) is 12.2 Å². The molecule has 0 amide bonds. The lowest BCUT2D eigenvalue weighted by Gasteiger charge is -2.47. The molecule has 0 aromatic rings. The maximum Gasteiger partial charge on any atom is 0.00846 e. The molecular formula is C14H24N2. The Labute approximate surface area is 98.5 Å². The number of nitrogens with two attached hydrogens (primary N) is 2. The van der Waals surface area contributed by atoms with Gasteiger partial charge >= 0.3 is 0 Å². The summed E-state index contributed by atoms with van der Waals surface area (Å²) >= 11 is 0. The first-order chi connectivity index (χ1) is 7.65. The lowest BCUT2D eigenvalue weighted by atomic mass is 9.60. The predicted molar refractivity (Wildman–Crippen MR) is 66.8 cm³/mol. The molecule has 6 atom stereocenters. The van der Waals surface area contributed by atoms with Crippen molar-refractivity contribution in [1.29, 1.82) is 0 Å². The van der Waals surface area contributed by atoms with E-state index in [9.17, 15) is 0 Å². The van der Waals surface area contributed by atoms with Gasteiger partial charge in [-0.25, -0.2) is 0 Å². The van der Waals surface area contributed by atoms with E-state index in [2.05, 4.69) is 6.58 Å².